The predicted octanol–water partition coefficient (Wildman–Crippen LogP) is 5.16. The van der Waals surface area contributed by atoms with Crippen molar-refractivity contribution in [1.82, 2.24) is 0 Å². The third kappa shape index (κ3) is 21.5. The first-order chi connectivity index (χ1) is 23.4. The molecule has 0 heterocycles. The highest BCUT2D eigenvalue weighted by Gasteiger charge is 2.51. The molecule has 1 fully saturated rings. The molecule has 0 spiro atoms. The molecule has 49 heavy (non-hydrogen) atoms. The van der Waals surface area contributed by atoms with Crippen molar-refractivity contribution in [3.8, 4) is 0 Å². The van der Waals surface area contributed by atoms with Crippen LogP contribution in [0.3, 0.4) is 0 Å². The topological polar surface area (TPSA) is 210 Å². The minimum atomic E-state index is -5.07. The molecule has 6 N–H and O–H groups in total. The number of aliphatic hydroxyl groups excluding tert-OH is 5. The zero-order chi connectivity index (χ0) is 36.5. The number of allylic oxidation sites excluding steroid dienone is 2. The average molecular weight is 725 g/mol. The number of phosphoric acid groups is 1. The lowest BCUT2D eigenvalue weighted by atomic mass is 9.85. The Kier molecular flexibility index (Phi) is 25.4. The molecular weight excluding hydrogens is 659 g/mol. The molecule has 0 bridgehead atoms. The lowest BCUT2D eigenvalue weighted by Gasteiger charge is -2.41. The van der Waals surface area contributed by atoms with Gasteiger partial charge in [0, 0.05) is 13.3 Å². The van der Waals surface area contributed by atoms with Crippen LogP contribution in [-0.4, -0.2) is 98.3 Å². The fourth-order valence-electron chi connectivity index (χ4n) is 5.66. The highest BCUT2D eigenvalue weighted by molar-refractivity contribution is 7.47. The zero-order valence-electron chi connectivity index (χ0n) is 29.7. The van der Waals surface area contributed by atoms with Gasteiger partial charge in [0.2, 0.25) is 0 Å². The van der Waals surface area contributed by atoms with E-state index >= 15 is 0 Å². The minimum absolute atomic E-state index is 0.0922. The summed E-state index contributed by atoms with van der Waals surface area (Å²) >= 11 is 0. The van der Waals surface area contributed by atoms with E-state index in [0.29, 0.717) is 6.42 Å². The van der Waals surface area contributed by atoms with Crippen LogP contribution in [0.15, 0.2) is 12.2 Å². The third-order valence-corrected chi connectivity index (χ3v) is 9.65. The van der Waals surface area contributed by atoms with Crippen molar-refractivity contribution in [2.45, 2.75) is 185 Å². The lowest BCUT2D eigenvalue weighted by Crippen LogP contribution is -2.64. The molecule has 1 saturated carbocycles. The van der Waals surface area contributed by atoms with E-state index in [4.69, 9.17) is 18.5 Å². The van der Waals surface area contributed by atoms with E-state index in [-0.39, 0.29) is 6.42 Å². The van der Waals surface area contributed by atoms with Crippen LogP contribution in [0, 0.1) is 0 Å². The minimum Gasteiger partial charge on any atom is -0.462 e. The summed E-state index contributed by atoms with van der Waals surface area (Å²) in [6.07, 6.45) is 14.3. The molecule has 13 nitrogen and oxygen atoms in total. The normalized spacial score (nSPS) is 24.5. The first-order valence-corrected chi connectivity index (χ1v) is 19.9. The standard InChI is InChI=1S/C35H65O13P/c1-3-4-5-6-7-8-9-10-11-12-13-14-15-16-17-18-19-20-21-22-23-24-29(37)47-28(25-45-27(2)36)26-46-49(43,44)48-35-33(41)31(39)30(38)32(40)34(35)42/h12-13,28,30-35,38-42H,3-11,14-26H2,1-2H3,(H,43,44)/b13-12-. The van der Waals surface area contributed by atoms with Crippen molar-refractivity contribution in [3.05, 3.63) is 12.2 Å². The Morgan fingerprint density at radius 3 is 1.55 bits per heavy atom. The summed E-state index contributed by atoms with van der Waals surface area (Å²) in [5.41, 5.74) is 0. The summed E-state index contributed by atoms with van der Waals surface area (Å²) in [6, 6.07) is 0. The number of aliphatic hydroxyl groups is 5. The van der Waals surface area contributed by atoms with Crippen LogP contribution in [0.2, 0.25) is 0 Å². The fourth-order valence-corrected chi connectivity index (χ4v) is 6.63. The van der Waals surface area contributed by atoms with E-state index in [0.717, 1.165) is 39.0 Å². The van der Waals surface area contributed by atoms with Crippen LogP contribution in [0.5, 0.6) is 0 Å². The molecule has 0 aromatic carbocycles. The number of hydrogen-bond donors (Lipinski definition) is 6. The lowest BCUT2D eigenvalue weighted by molar-refractivity contribution is -0.220. The van der Waals surface area contributed by atoms with Crippen LogP contribution < -0.4 is 0 Å². The number of phosphoric ester groups is 1. The molecule has 1 aliphatic carbocycles. The molecular formula is C35H65O13P. The van der Waals surface area contributed by atoms with Gasteiger partial charge in [-0.25, -0.2) is 4.57 Å². The van der Waals surface area contributed by atoms with Crippen LogP contribution in [0.1, 0.15) is 142 Å². The largest absolute Gasteiger partial charge is 0.472 e. The van der Waals surface area contributed by atoms with Gasteiger partial charge in [-0.1, -0.05) is 109 Å². The molecule has 0 saturated heterocycles. The molecule has 1 rings (SSSR count). The van der Waals surface area contributed by atoms with Gasteiger partial charge in [-0.05, 0) is 32.1 Å². The molecule has 0 amide bonds. The van der Waals surface area contributed by atoms with Gasteiger partial charge in [-0.3, -0.25) is 18.6 Å². The maximum atomic E-state index is 12.5. The van der Waals surface area contributed by atoms with Crippen LogP contribution >= 0.6 is 7.82 Å². The molecule has 6 unspecified atom stereocenters. The van der Waals surface area contributed by atoms with Gasteiger partial charge in [0.15, 0.2) is 6.10 Å². The molecule has 0 radical (unpaired) electrons. The Balaban J connectivity index is 2.18. The van der Waals surface area contributed by atoms with Crippen molar-refractivity contribution in [3.63, 3.8) is 0 Å². The summed E-state index contributed by atoms with van der Waals surface area (Å²) in [5.74, 6) is -1.29. The SMILES string of the molecule is CCCCCCCCCC/C=C\CCCCCCCCCCCC(=O)OC(COC(C)=O)COP(=O)(O)OC1C(O)C(O)C(O)C(O)C1O. The maximum Gasteiger partial charge on any atom is 0.472 e. The van der Waals surface area contributed by atoms with Crippen molar-refractivity contribution in [2.24, 2.45) is 0 Å². The molecule has 0 aromatic heterocycles. The van der Waals surface area contributed by atoms with Gasteiger partial charge in [0.1, 0.15) is 43.2 Å². The van der Waals surface area contributed by atoms with Crippen LogP contribution in [0.4, 0.5) is 0 Å². The van der Waals surface area contributed by atoms with E-state index in [1.54, 1.807) is 0 Å². The second-order valence-electron chi connectivity index (χ2n) is 13.2. The average Bonchev–Trinajstić information content (AvgIpc) is 3.06. The number of esters is 2. The molecule has 288 valence electrons. The fraction of sp³-hybridized carbons (Fsp3) is 0.886. The zero-order valence-corrected chi connectivity index (χ0v) is 30.6. The quantitative estimate of drug-likeness (QED) is 0.0255. The Morgan fingerprint density at radius 1 is 0.653 bits per heavy atom. The number of ether oxygens (including phenoxy) is 2. The Hall–Kier alpha value is -1.41. The molecule has 6 atom stereocenters. The second kappa shape index (κ2) is 27.3. The number of carbonyl (C=O) groups is 2. The molecule has 0 aromatic rings. The molecule has 0 aliphatic heterocycles. The molecule has 14 heteroatoms. The van der Waals surface area contributed by atoms with Crippen molar-refractivity contribution >= 4 is 19.8 Å². The predicted molar refractivity (Wildman–Crippen MR) is 184 cm³/mol. The second-order valence-corrected chi connectivity index (χ2v) is 14.6. The van der Waals surface area contributed by atoms with Gasteiger partial charge in [0.05, 0.1) is 6.61 Å². The van der Waals surface area contributed by atoms with E-state index in [2.05, 4.69) is 19.1 Å². The smallest absolute Gasteiger partial charge is 0.462 e. The maximum absolute atomic E-state index is 12.5. The molecule has 1 aliphatic rings. The van der Waals surface area contributed by atoms with Crippen LogP contribution in [-0.2, 0) is 32.7 Å². The summed E-state index contributed by atoms with van der Waals surface area (Å²) in [5, 5.41) is 49.3. The van der Waals surface area contributed by atoms with E-state index in [1.165, 1.54) is 83.5 Å². The van der Waals surface area contributed by atoms with Gasteiger partial charge in [-0.2, -0.15) is 0 Å². The van der Waals surface area contributed by atoms with Crippen LogP contribution in [0.25, 0.3) is 0 Å². The first-order valence-electron chi connectivity index (χ1n) is 18.4. The van der Waals surface area contributed by atoms with E-state index in [1.807, 2.05) is 0 Å². The Bertz CT molecular complexity index is 932. The summed E-state index contributed by atoms with van der Waals surface area (Å²) in [7, 11) is -5.07. The monoisotopic (exact) mass is 724 g/mol. The number of carbonyl (C=O) groups excluding carboxylic acids is 2. The number of hydrogen-bond acceptors (Lipinski definition) is 12. The summed E-state index contributed by atoms with van der Waals surface area (Å²) in [6.45, 7) is 2.18. The Labute approximate surface area is 293 Å². The number of unbranched alkanes of at least 4 members (excludes halogenated alkanes) is 17. The summed E-state index contributed by atoms with van der Waals surface area (Å²) < 4.78 is 32.2. The van der Waals surface area contributed by atoms with Crippen molar-refractivity contribution in [1.29, 1.82) is 0 Å². The van der Waals surface area contributed by atoms with Crippen molar-refractivity contribution in [2.75, 3.05) is 13.2 Å². The first kappa shape index (κ1) is 45.6. The highest BCUT2D eigenvalue weighted by atomic mass is 31.2. The van der Waals surface area contributed by atoms with Gasteiger partial charge >= 0.3 is 19.8 Å². The third-order valence-electron chi connectivity index (χ3n) is 8.66. The van der Waals surface area contributed by atoms with E-state index in [9.17, 15) is 44.6 Å². The number of rotatable bonds is 29. The van der Waals surface area contributed by atoms with Gasteiger partial charge in [-0.15, -0.1) is 0 Å². The summed E-state index contributed by atoms with van der Waals surface area (Å²) in [4.78, 5) is 33.8. The highest BCUT2D eigenvalue weighted by Crippen LogP contribution is 2.47. The van der Waals surface area contributed by atoms with E-state index < -0.39 is 75.7 Å². The van der Waals surface area contributed by atoms with Gasteiger partial charge < -0.3 is 39.9 Å². The Morgan fingerprint density at radius 2 is 1.08 bits per heavy atom. The van der Waals surface area contributed by atoms with Crippen molar-refractivity contribution < 1.29 is 63.1 Å². The van der Waals surface area contributed by atoms with Gasteiger partial charge in [0.25, 0.3) is 0 Å².